The summed E-state index contributed by atoms with van der Waals surface area (Å²) < 4.78 is 15.5. The molecule has 7 nitrogen and oxygen atoms in total. The van der Waals surface area contributed by atoms with Gasteiger partial charge in [0.05, 0.1) is 16.9 Å². The van der Waals surface area contributed by atoms with Gasteiger partial charge >= 0.3 is 0 Å². The fourth-order valence-electron chi connectivity index (χ4n) is 4.18. The Morgan fingerprint density at radius 3 is 2.62 bits per heavy atom. The molecule has 0 radical (unpaired) electrons. The summed E-state index contributed by atoms with van der Waals surface area (Å²) >= 11 is 0. The molecule has 4 rings (SSSR count). The Hall–Kier alpha value is -3.26. The van der Waals surface area contributed by atoms with Crippen molar-refractivity contribution in [2.75, 3.05) is 38.1 Å². The summed E-state index contributed by atoms with van der Waals surface area (Å²) in [5.74, 6) is -0.196. The van der Waals surface area contributed by atoms with Crippen LogP contribution >= 0.6 is 0 Å². The third kappa shape index (κ3) is 4.50. The maximum atomic E-state index is 14.1. The average Bonchev–Trinajstić information content (AvgIpc) is 2.77. The lowest BCUT2D eigenvalue weighted by Gasteiger charge is -2.36. The standard InChI is InChI=1S/C24H28FN5O2/c1-16(20-14-18(25)8-9-22(20)29-12-10-28(3)11-13-29)26-23(31)15-30-17(2)27-21-7-5-4-6-19(21)24(30)32/h4-9,14,16H,10-13,15H2,1-3H3,(H,26,31). The molecule has 1 N–H and O–H groups in total. The van der Waals surface area contributed by atoms with Crippen molar-refractivity contribution in [3.8, 4) is 0 Å². The number of rotatable bonds is 5. The quantitative estimate of drug-likeness (QED) is 0.664. The molecule has 32 heavy (non-hydrogen) atoms. The van der Waals surface area contributed by atoms with Crippen LogP contribution < -0.4 is 15.8 Å². The molecular weight excluding hydrogens is 409 g/mol. The molecule has 1 unspecified atom stereocenters. The molecule has 1 saturated heterocycles. The minimum Gasteiger partial charge on any atom is -0.369 e. The van der Waals surface area contributed by atoms with Crippen LogP contribution in [0, 0.1) is 12.7 Å². The minimum atomic E-state index is -0.419. The van der Waals surface area contributed by atoms with Gasteiger partial charge in [0.15, 0.2) is 0 Å². The number of nitrogens with zero attached hydrogens (tertiary/aromatic N) is 4. The number of benzene rings is 2. The number of aromatic nitrogens is 2. The molecule has 1 aliphatic rings. The van der Waals surface area contributed by atoms with E-state index in [-0.39, 0.29) is 23.8 Å². The Labute approximate surface area is 186 Å². The largest absolute Gasteiger partial charge is 0.369 e. The van der Waals surface area contributed by atoms with Crippen LogP contribution in [0.3, 0.4) is 0 Å². The Balaban J connectivity index is 1.54. The molecule has 2 heterocycles. The molecule has 0 bridgehead atoms. The highest BCUT2D eigenvalue weighted by Crippen LogP contribution is 2.28. The Bertz CT molecular complexity index is 1200. The molecule has 1 amide bonds. The number of nitrogens with one attached hydrogen (secondary N) is 1. The molecule has 2 aromatic carbocycles. The molecular formula is C24H28FN5O2. The van der Waals surface area contributed by atoms with Crippen molar-refractivity contribution < 1.29 is 9.18 Å². The summed E-state index contributed by atoms with van der Waals surface area (Å²) in [4.78, 5) is 34.6. The molecule has 0 spiro atoms. The van der Waals surface area contributed by atoms with Crippen molar-refractivity contribution in [3.05, 3.63) is 70.0 Å². The number of carbonyl (C=O) groups excluding carboxylic acids is 1. The summed E-state index contributed by atoms with van der Waals surface area (Å²) in [5.41, 5.74) is 2.01. The van der Waals surface area contributed by atoms with Gasteiger partial charge in [-0.25, -0.2) is 9.37 Å². The Morgan fingerprint density at radius 2 is 1.88 bits per heavy atom. The molecule has 1 fully saturated rings. The number of likely N-dealkylation sites (N-methyl/N-ethyl adjacent to an activating group) is 1. The van der Waals surface area contributed by atoms with Gasteiger partial charge in [0.2, 0.25) is 5.91 Å². The predicted octanol–water partition coefficient (Wildman–Crippen LogP) is 2.47. The van der Waals surface area contributed by atoms with Gasteiger partial charge in [-0.1, -0.05) is 12.1 Å². The van der Waals surface area contributed by atoms with E-state index in [1.807, 2.05) is 13.0 Å². The van der Waals surface area contributed by atoms with Crippen molar-refractivity contribution >= 4 is 22.5 Å². The average molecular weight is 438 g/mol. The van der Waals surface area contributed by atoms with Crippen molar-refractivity contribution in [3.63, 3.8) is 0 Å². The number of anilines is 1. The van der Waals surface area contributed by atoms with Crippen molar-refractivity contribution in [2.45, 2.75) is 26.4 Å². The summed E-state index contributed by atoms with van der Waals surface area (Å²) in [6, 6.07) is 11.4. The molecule has 1 aliphatic heterocycles. The first-order valence-electron chi connectivity index (χ1n) is 10.8. The number of halogens is 1. The number of piperazine rings is 1. The second-order valence-electron chi connectivity index (χ2n) is 8.35. The molecule has 1 aromatic heterocycles. The minimum absolute atomic E-state index is 0.147. The second-order valence-corrected chi connectivity index (χ2v) is 8.35. The summed E-state index contributed by atoms with van der Waals surface area (Å²) in [6.45, 7) is 6.93. The highest BCUT2D eigenvalue weighted by molar-refractivity contribution is 5.79. The molecule has 0 saturated carbocycles. The van der Waals surface area contributed by atoms with Crippen LogP contribution in [0.5, 0.6) is 0 Å². The third-order valence-corrected chi connectivity index (χ3v) is 6.03. The van der Waals surface area contributed by atoms with Crippen LogP contribution in [0.2, 0.25) is 0 Å². The maximum absolute atomic E-state index is 14.1. The first-order valence-corrected chi connectivity index (χ1v) is 10.8. The zero-order chi connectivity index (χ0) is 22.8. The second kappa shape index (κ2) is 9.08. The lowest BCUT2D eigenvalue weighted by Crippen LogP contribution is -2.45. The van der Waals surface area contributed by atoms with E-state index in [1.54, 1.807) is 31.2 Å². The molecule has 8 heteroatoms. The number of fused-ring (bicyclic) bond motifs is 1. The van der Waals surface area contributed by atoms with Gasteiger partial charge in [-0.05, 0) is 51.2 Å². The number of hydrogen-bond donors (Lipinski definition) is 1. The van der Waals surface area contributed by atoms with Crippen LogP contribution in [0.1, 0.15) is 24.4 Å². The monoisotopic (exact) mass is 437 g/mol. The highest BCUT2D eigenvalue weighted by atomic mass is 19.1. The first-order chi connectivity index (χ1) is 15.3. The van der Waals surface area contributed by atoms with Gasteiger partial charge in [-0.15, -0.1) is 0 Å². The number of carbonyl (C=O) groups is 1. The Kier molecular flexibility index (Phi) is 6.23. The fourth-order valence-corrected chi connectivity index (χ4v) is 4.18. The number of hydrogen-bond acceptors (Lipinski definition) is 5. The van der Waals surface area contributed by atoms with Gasteiger partial charge in [-0.3, -0.25) is 14.2 Å². The van der Waals surface area contributed by atoms with E-state index in [4.69, 9.17) is 0 Å². The fraction of sp³-hybridized carbons (Fsp3) is 0.375. The summed E-state index contributed by atoms with van der Waals surface area (Å²) in [5, 5.41) is 3.41. The van der Waals surface area contributed by atoms with Crippen LogP contribution in [-0.4, -0.2) is 53.6 Å². The van der Waals surface area contributed by atoms with E-state index in [0.29, 0.717) is 16.7 Å². The van der Waals surface area contributed by atoms with E-state index in [1.165, 1.54) is 16.7 Å². The first kappa shape index (κ1) is 22.0. The normalized spacial score (nSPS) is 15.7. The van der Waals surface area contributed by atoms with Crippen molar-refractivity contribution in [1.29, 1.82) is 0 Å². The smallest absolute Gasteiger partial charge is 0.261 e. The van der Waals surface area contributed by atoms with Crippen LogP contribution in [0.15, 0.2) is 47.3 Å². The number of aryl methyl sites for hydroxylation is 1. The van der Waals surface area contributed by atoms with Crippen molar-refractivity contribution in [1.82, 2.24) is 19.8 Å². The van der Waals surface area contributed by atoms with E-state index < -0.39 is 6.04 Å². The van der Waals surface area contributed by atoms with Crippen LogP contribution in [-0.2, 0) is 11.3 Å². The predicted molar refractivity (Wildman–Crippen MR) is 123 cm³/mol. The van der Waals surface area contributed by atoms with Gasteiger partial charge in [0.25, 0.3) is 5.56 Å². The van der Waals surface area contributed by atoms with Gasteiger partial charge in [0, 0.05) is 37.4 Å². The summed E-state index contributed by atoms with van der Waals surface area (Å²) in [6.07, 6.45) is 0. The van der Waals surface area contributed by atoms with E-state index >= 15 is 0 Å². The van der Waals surface area contributed by atoms with Crippen molar-refractivity contribution in [2.24, 2.45) is 0 Å². The maximum Gasteiger partial charge on any atom is 0.261 e. The van der Waals surface area contributed by atoms with E-state index in [9.17, 15) is 14.0 Å². The number of amides is 1. The zero-order valence-electron chi connectivity index (χ0n) is 18.6. The van der Waals surface area contributed by atoms with Gasteiger partial charge in [-0.2, -0.15) is 0 Å². The zero-order valence-corrected chi connectivity index (χ0v) is 18.6. The summed E-state index contributed by atoms with van der Waals surface area (Å²) in [7, 11) is 2.08. The van der Waals surface area contributed by atoms with Crippen LogP contribution in [0.4, 0.5) is 10.1 Å². The topological polar surface area (TPSA) is 70.5 Å². The SMILES string of the molecule is Cc1nc2ccccc2c(=O)n1CC(=O)NC(C)c1cc(F)ccc1N1CCN(C)CC1. The van der Waals surface area contributed by atoms with Gasteiger partial charge < -0.3 is 15.1 Å². The van der Waals surface area contributed by atoms with Crippen LogP contribution in [0.25, 0.3) is 10.9 Å². The molecule has 168 valence electrons. The highest BCUT2D eigenvalue weighted by Gasteiger charge is 2.22. The number of para-hydroxylation sites is 1. The lowest BCUT2D eigenvalue weighted by atomic mass is 10.0. The molecule has 3 aromatic rings. The Morgan fingerprint density at radius 1 is 1.16 bits per heavy atom. The molecule has 0 aliphatic carbocycles. The third-order valence-electron chi connectivity index (χ3n) is 6.03. The molecule has 1 atom stereocenters. The lowest BCUT2D eigenvalue weighted by molar-refractivity contribution is -0.122. The van der Waals surface area contributed by atoms with E-state index in [2.05, 4.69) is 27.1 Å². The van der Waals surface area contributed by atoms with E-state index in [0.717, 1.165) is 37.4 Å². The van der Waals surface area contributed by atoms with Gasteiger partial charge in [0.1, 0.15) is 18.2 Å².